The van der Waals surface area contributed by atoms with Crippen LogP contribution in [0, 0.1) is 0 Å². The highest BCUT2D eigenvalue weighted by Crippen LogP contribution is 2.33. The Bertz CT molecular complexity index is 187. The average Bonchev–Trinajstić information content (AvgIpc) is 2.32. The van der Waals surface area contributed by atoms with Crippen molar-refractivity contribution in [2.75, 3.05) is 13.2 Å². The van der Waals surface area contributed by atoms with Gasteiger partial charge in [0.2, 0.25) is 0 Å². The Labute approximate surface area is 115 Å². The molecular formula is C14H27BrO2. The van der Waals surface area contributed by atoms with Crippen molar-refractivity contribution >= 4 is 15.9 Å². The van der Waals surface area contributed by atoms with E-state index in [9.17, 15) is 0 Å². The zero-order chi connectivity index (χ0) is 12.5. The normalized spacial score (nSPS) is 28.1. The summed E-state index contributed by atoms with van der Waals surface area (Å²) in [5, 5.41) is 0. The zero-order valence-electron chi connectivity index (χ0n) is 11.3. The number of unbranched alkanes of at least 4 members (excludes halogenated alkanes) is 4. The molecule has 0 amide bonds. The summed E-state index contributed by atoms with van der Waals surface area (Å²) in [4.78, 5) is 0.499. The molecule has 0 radical (unpaired) electrons. The van der Waals surface area contributed by atoms with Crippen LogP contribution in [0.5, 0.6) is 0 Å². The van der Waals surface area contributed by atoms with Gasteiger partial charge >= 0.3 is 0 Å². The Hall–Kier alpha value is 0.400. The molecule has 1 fully saturated rings. The summed E-state index contributed by atoms with van der Waals surface area (Å²) in [6, 6.07) is 0. The smallest absolute Gasteiger partial charge is 0.0962 e. The molecule has 0 aromatic carbocycles. The predicted octanol–water partition coefficient (Wildman–Crippen LogP) is 4.30. The van der Waals surface area contributed by atoms with Crippen molar-refractivity contribution in [2.24, 2.45) is 0 Å². The molecule has 0 heterocycles. The van der Waals surface area contributed by atoms with Crippen LogP contribution in [-0.2, 0) is 9.47 Å². The van der Waals surface area contributed by atoms with Crippen molar-refractivity contribution in [3.63, 3.8) is 0 Å². The molecule has 1 aliphatic carbocycles. The maximum absolute atomic E-state index is 5.88. The first kappa shape index (κ1) is 15.5. The lowest BCUT2D eigenvalue weighted by molar-refractivity contribution is -0.121. The van der Waals surface area contributed by atoms with Crippen LogP contribution in [0.25, 0.3) is 0 Å². The van der Waals surface area contributed by atoms with E-state index < -0.39 is 0 Å². The molecule has 0 bridgehead atoms. The van der Waals surface area contributed by atoms with Crippen molar-refractivity contribution < 1.29 is 9.47 Å². The van der Waals surface area contributed by atoms with E-state index in [4.69, 9.17) is 9.47 Å². The molecule has 0 spiro atoms. The molecule has 0 saturated heterocycles. The summed E-state index contributed by atoms with van der Waals surface area (Å²) in [6.45, 7) is 6.14. The van der Waals surface area contributed by atoms with Gasteiger partial charge < -0.3 is 9.47 Å². The van der Waals surface area contributed by atoms with Gasteiger partial charge in [0.1, 0.15) is 0 Å². The van der Waals surface area contributed by atoms with E-state index >= 15 is 0 Å². The quantitative estimate of drug-likeness (QED) is 0.442. The molecule has 0 aromatic heterocycles. The first-order valence-corrected chi connectivity index (χ1v) is 8.08. The number of ether oxygens (including phenoxy) is 2. The topological polar surface area (TPSA) is 18.5 Å². The van der Waals surface area contributed by atoms with Crippen molar-refractivity contribution in [1.82, 2.24) is 0 Å². The summed E-state index contributed by atoms with van der Waals surface area (Å²) >= 11 is 3.64. The van der Waals surface area contributed by atoms with Crippen LogP contribution in [0.4, 0.5) is 0 Å². The molecule has 1 rings (SSSR count). The average molecular weight is 307 g/mol. The molecule has 0 aromatic rings. The second-order valence-electron chi connectivity index (χ2n) is 4.91. The minimum atomic E-state index is 0.283. The second kappa shape index (κ2) is 9.35. The van der Waals surface area contributed by atoms with E-state index in [0.717, 1.165) is 26.1 Å². The maximum Gasteiger partial charge on any atom is 0.0962 e. The van der Waals surface area contributed by atoms with Crippen LogP contribution in [0.15, 0.2) is 0 Å². The second-order valence-corrected chi connectivity index (χ2v) is 6.09. The number of halogens is 1. The third-order valence-corrected chi connectivity index (χ3v) is 4.17. The maximum atomic E-state index is 5.88. The predicted molar refractivity (Wildman–Crippen MR) is 75.9 cm³/mol. The SMILES string of the molecule is CCCCCCCOC1CC(Br)C1OCCC. The molecule has 0 N–H and O–H groups in total. The Morgan fingerprint density at radius 2 is 1.71 bits per heavy atom. The van der Waals surface area contributed by atoms with Crippen LogP contribution in [0.3, 0.4) is 0 Å². The zero-order valence-corrected chi connectivity index (χ0v) is 12.9. The van der Waals surface area contributed by atoms with Gasteiger partial charge in [0.05, 0.1) is 12.2 Å². The molecule has 0 aliphatic heterocycles. The van der Waals surface area contributed by atoms with Gasteiger partial charge in [0, 0.05) is 18.0 Å². The summed E-state index contributed by atoms with van der Waals surface area (Å²) in [5.41, 5.74) is 0. The first-order valence-electron chi connectivity index (χ1n) is 7.16. The van der Waals surface area contributed by atoms with E-state index in [1.165, 1.54) is 32.1 Å². The lowest BCUT2D eigenvalue weighted by Gasteiger charge is -2.40. The van der Waals surface area contributed by atoms with Crippen molar-refractivity contribution in [3.05, 3.63) is 0 Å². The lowest BCUT2D eigenvalue weighted by Crippen LogP contribution is -2.50. The monoisotopic (exact) mass is 306 g/mol. The fourth-order valence-corrected chi connectivity index (χ4v) is 2.96. The molecule has 1 saturated carbocycles. The highest BCUT2D eigenvalue weighted by molar-refractivity contribution is 9.09. The van der Waals surface area contributed by atoms with Gasteiger partial charge in [-0.15, -0.1) is 0 Å². The van der Waals surface area contributed by atoms with Crippen LogP contribution in [0.1, 0.15) is 58.8 Å². The first-order chi connectivity index (χ1) is 8.29. The van der Waals surface area contributed by atoms with E-state index in [2.05, 4.69) is 29.8 Å². The number of rotatable bonds is 10. The Morgan fingerprint density at radius 3 is 2.35 bits per heavy atom. The largest absolute Gasteiger partial charge is 0.375 e. The Kier molecular flexibility index (Phi) is 8.50. The lowest BCUT2D eigenvalue weighted by atomic mass is 9.91. The number of alkyl halides is 1. The Morgan fingerprint density at radius 1 is 0.941 bits per heavy atom. The molecule has 102 valence electrons. The van der Waals surface area contributed by atoms with Gasteiger partial charge in [-0.1, -0.05) is 55.5 Å². The third kappa shape index (κ3) is 5.71. The summed E-state index contributed by atoms with van der Waals surface area (Å²) in [7, 11) is 0. The standard InChI is InChI=1S/C14H27BrO2/c1-3-5-6-7-8-10-16-13-11-12(15)14(13)17-9-4-2/h12-14H,3-11H2,1-2H3. The highest BCUT2D eigenvalue weighted by Gasteiger charge is 2.40. The van der Waals surface area contributed by atoms with E-state index in [0.29, 0.717) is 10.9 Å². The molecule has 3 atom stereocenters. The van der Waals surface area contributed by atoms with Crippen molar-refractivity contribution in [1.29, 1.82) is 0 Å². The highest BCUT2D eigenvalue weighted by atomic mass is 79.9. The van der Waals surface area contributed by atoms with E-state index in [1.54, 1.807) is 0 Å². The fraction of sp³-hybridized carbons (Fsp3) is 1.00. The van der Waals surface area contributed by atoms with Crippen molar-refractivity contribution in [2.45, 2.75) is 75.8 Å². The van der Waals surface area contributed by atoms with Gasteiger partial charge in [-0.05, 0) is 19.3 Å². The van der Waals surface area contributed by atoms with Gasteiger partial charge in [0.25, 0.3) is 0 Å². The molecule has 3 unspecified atom stereocenters. The van der Waals surface area contributed by atoms with Crippen LogP contribution < -0.4 is 0 Å². The molecule has 17 heavy (non-hydrogen) atoms. The third-order valence-electron chi connectivity index (χ3n) is 3.27. The van der Waals surface area contributed by atoms with Crippen LogP contribution >= 0.6 is 15.9 Å². The summed E-state index contributed by atoms with van der Waals surface area (Å²) < 4.78 is 11.7. The molecule has 2 nitrogen and oxygen atoms in total. The Balaban J connectivity index is 1.99. The summed E-state index contributed by atoms with van der Waals surface area (Å²) in [6.07, 6.45) is 9.31. The fourth-order valence-electron chi connectivity index (χ4n) is 2.10. The molecule has 3 heteroatoms. The van der Waals surface area contributed by atoms with Crippen LogP contribution in [0.2, 0.25) is 0 Å². The van der Waals surface area contributed by atoms with Gasteiger partial charge in [0.15, 0.2) is 0 Å². The van der Waals surface area contributed by atoms with Crippen molar-refractivity contribution in [3.8, 4) is 0 Å². The summed E-state index contributed by atoms with van der Waals surface area (Å²) in [5.74, 6) is 0. The minimum absolute atomic E-state index is 0.283. The van der Waals surface area contributed by atoms with Crippen LogP contribution in [-0.4, -0.2) is 30.2 Å². The van der Waals surface area contributed by atoms with Gasteiger partial charge in [-0.3, -0.25) is 0 Å². The molecular weight excluding hydrogens is 280 g/mol. The number of hydrogen-bond acceptors (Lipinski definition) is 2. The number of hydrogen-bond donors (Lipinski definition) is 0. The van der Waals surface area contributed by atoms with E-state index in [-0.39, 0.29) is 6.10 Å². The van der Waals surface area contributed by atoms with E-state index in [1.807, 2.05) is 0 Å². The van der Waals surface area contributed by atoms with Gasteiger partial charge in [-0.2, -0.15) is 0 Å². The van der Waals surface area contributed by atoms with Gasteiger partial charge in [-0.25, -0.2) is 0 Å². The minimum Gasteiger partial charge on any atom is -0.375 e. The molecule has 1 aliphatic rings.